The van der Waals surface area contributed by atoms with Crippen LogP contribution >= 0.6 is 0 Å². The molecule has 0 aliphatic carbocycles. The average molecular weight is 260 g/mol. The summed E-state index contributed by atoms with van der Waals surface area (Å²) < 4.78 is 25.7. The standard InChI is InChI=1S/C11H18F2N4O/c1-11(2,3)8(14)9(18)16-6-7-15-4-5-17(7)10(12)13/h4-5,8,10H,6,14H2,1-3H3,(H,16,18)/t8-/m1/s1. The van der Waals surface area contributed by atoms with Crippen molar-refractivity contribution in [2.45, 2.75) is 39.9 Å². The summed E-state index contributed by atoms with van der Waals surface area (Å²) in [6.07, 6.45) is 2.42. The Kier molecular flexibility index (Phi) is 4.39. The van der Waals surface area contributed by atoms with Crippen molar-refractivity contribution < 1.29 is 13.6 Å². The lowest BCUT2D eigenvalue weighted by Crippen LogP contribution is -2.48. The fourth-order valence-corrected chi connectivity index (χ4v) is 1.33. The lowest BCUT2D eigenvalue weighted by Gasteiger charge is -2.25. The lowest BCUT2D eigenvalue weighted by molar-refractivity contribution is -0.124. The fourth-order valence-electron chi connectivity index (χ4n) is 1.33. The molecule has 0 aliphatic heterocycles. The van der Waals surface area contributed by atoms with Crippen LogP contribution in [0.25, 0.3) is 0 Å². The second-order valence-electron chi connectivity index (χ2n) is 5.09. The molecule has 1 heterocycles. The molecule has 1 aromatic rings. The van der Waals surface area contributed by atoms with Gasteiger partial charge in [0, 0.05) is 12.4 Å². The Morgan fingerprint density at radius 2 is 2.17 bits per heavy atom. The zero-order valence-corrected chi connectivity index (χ0v) is 10.7. The first kappa shape index (κ1) is 14.6. The number of hydrogen-bond donors (Lipinski definition) is 2. The molecule has 0 saturated heterocycles. The molecule has 18 heavy (non-hydrogen) atoms. The van der Waals surface area contributed by atoms with Gasteiger partial charge in [-0.3, -0.25) is 9.36 Å². The summed E-state index contributed by atoms with van der Waals surface area (Å²) in [5.41, 5.74) is 5.36. The van der Waals surface area contributed by atoms with Crippen LogP contribution in [0.3, 0.4) is 0 Å². The third kappa shape index (κ3) is 3.49. The van der Waals surface area contributed by atoms with Crippen molar-refractivity contribution in [3.63, 3.8) is 0 Å². The highest BCUT2D eigenvalue weighted by atomic mass is 19.3. The van der Waals surface area contributed by atoms with Crippen LogP contribution in [0.5, 0.6) is 0 Å². The molecule has 1 aromatic heterocycles. The number of nitrogens with one attached hydrogen (secondary N) is 1. The van der Waals surface area contributed by atoms with Gasteiger partial charge in [-0.2, -0.15) is 8.78 Å². The van der Waals surface area contributed by atoms with Gasteiger partial charge in [-0.1, -0.05) is 20.8 Å². The van der Waals surface area contributed by atoms with Crippen LogP contribution in [0.15, 0.2) is 12.4 Å². The number of aromatic nitrogens is 2. The number of nitrogens with two attached hydrogens (primary N) is 1. The molecule has 1 amide bonds. The van der Waals surface area contributed by atoms with Gasteiger partial charge in [-0.15, -0.1) is 0 Å². The Bertz CT molecular complexity index is 411. The van der Waals surface area contributed by atoms with Crippen LogP contribution in [0, 0.1) is 5.41 Å². The maximum atomic E-state index is 12.5. The topological polar surface area (TPSA) is 72.9 Å². The monoisotopic (exact) mass is 260 g/mol. The molecule has 1 atom stereocenters. The number of imidazole rings is 1. The molecular weight excluding hydrogens is 242 g/mol. The Labute approximate surface area is 104 Å². The van der Waals surface area contributed by atoms with E-state index in [1.807, 2.05) is 20.8 Å². The van der Waals surface area contributed by atoms with Gasteiger partial charge in [0.2, 0.25) is 5.91 Å². The molecule has 0 fully saturated rings. The summed E-state index contributed by atoms with van der Waals surface area (Å²) >= 11 is 0. The van der Waals surface area contributed by atoms with E-state index in [0.29, 0.717) is 4.57 Å². The van der Waals surface area contributed by atoms with Gasteiger partial charge in [-0.25, -0.2) is 4.98 Å². The number of carbonyl (C=O) groups excluding carboxylic acids is 1. The van der Waals surface area contributed by atoms with E-state index in [-0.39, 0.29) is 23.7 Å². The van der Waals surface area contributed by atoms with E-state index in [1.165, 1.54) is 6.20 Å². The van der Waals surface area contributed by atoms with E-state index in [9.17, 15) is 13.6 Å². The summed E-state index contributed by atoms with van der Waals surface area (Å²) in [4.78, 5) is 15.5. The SMILES string of the molecule is CC(C)(C)[C@H](N)C(=O)NCc1nccn1C(F)F. The van der Waals surface area contributed by atoms with Crippen molar-refractivity contribution in [2.24, 2.45) is 11.1 Å². The number of carbonyl (C=O) groups is 1. The summed E-state index contributed by atoms with van der Waals surface area (Å²) in [5.74, 6) is -0.286. The van der Waals surface area contributed by atoms with Gasteiger partial charge in [0.25, 0.3) is 0 Å². The van der Waals surface area contributed by atoms with E-state index in [4.69, 9.17) is 5.73 Å². The number of nitrogens with zero attached hydrogens (tertiary/aromatic N) is 2. The Morgan fingerprint density at radius 3 is 2.67 bits per heavy atom. The van der Waals surface area contributed by atoms with Gasteiger partial charge >= 0.3 is 6.55 Å². The zero-order valence-electron chi connectivity index (χ0n) is 10.7. The first-order valence-electron chi connectivity index (χ1n) is 5.56. The Morgan fingerprint density at radius 1 is 1.56 bits per heavy atom. The second kappa shape index (κ2) is 5.43. The number of alkyl halides is 2. The maximum Gasteiger partial charge on any atom is 0.319 e. The molecule has 0 aliphatic rings. The van der Waals surface area contributed by atoms with Gasteiger partial charge < -0.3 is 11.1 Å². The highest BCUT2D eigenvalue weighted by Gasteiger charge is 2.27. The minimum Gasteiger partial charge on any atom is -0.348 e. The predicted octanol–water partition coefficient (Wildman–Crippen LogP) is 1.27. The summed E-state index contributed by atoms with van der Waals surface area (Å²) in [5, 5.41) is 2.51. The minimum absolute atomic E-state index is 0.0695. The molecule has 0 radical (unpaired) electrons. The molecule has 3 N–H and O–H groups in total. The average Bonchev–Trinajstić information content (AvgIpc) is 2.71. The van der Waals surface area contributed by atoms with Crippen molar-refractivity contribution in [2.75, 3.05) is 0 Å². The van der Waals surface area contributed by atoms with Gasteiger partial charge in [-0.05, 0) is 5.41 Å². The third-order valence-corrected chi connectivity index (χ3v) is 2.60. The second-order valence-corrected chi connectivity index (χ2v) is 5.09. The van der Waals surface area contributed by atoms with Crippen LogP contribution in [0.1, 0.15) is 33.1 Å². The van der Waals surface area contributed by atoms with Crippen molar-refractivity contribution in [1.29, 1.82) is 0 Å². The summed E-state index contributed by atoms with van der Waals surface area (Å²) in [6, 6.07) is -0.701. The molecule has 102 valence electrons. The lowest BCUT2D eigenvalue weighted by atomic mass is 9.87. The van der Waals surface area contributed by atoms with Gasteiger partial charge in [0.05, 0.1) is 12.6 Å². The highest BCUT2D eigenvalue weighted by Crippen LogP contribution is 2.17. The van der Waals surface area contributed by atoms with Crippen LogP contribution in [0.2, 0.25) is 0 Å². The largest absolute Gasteiger partial charge is 0.348 e. The fraction of sp³-hybridized carbons (Fsp3) is 0.636. The van der Waals surface area contributed by atoms with E-state index in [1.54, 1.807) is 0 Å². The van der Waals surface area contributed by atoms with Crippen LogP contribution < -0.4 is 11.1 Å². The van der Waals surface area contributed by atoms with Crippen LogP contribution in [-0.2, 0) is 11.3 Å². The summed E-state index contributed by atoms with van der Waals surface area (Å²) in [6.45, 7) is 2.75. The van der Waals surface area contributed by atoms with E-state index in [2.05, 4.69) is 10.3 Å². The molecule has 0 spiro atoms. The Balaban J connectivity index is 2.61. The molecule has 0 unspecified atom stereocenters. The molecule has 0 aromatic carbocycles. The number of hydrogen-bond acceptors (Lipinski definition) is 3. The first-order chi connectivity index (χ1) is 8.23. The van der Waals surface area contributed by atoms with Gasteiger partial charge in [0.1, 0.15) is 5.82 Å². The number of halogens is 2. The molecule has 5 nitrogen and oxygen atoms in total. The van der Waals surface area contributed by atoms with Crippen LogP contribution in [-0.4, -0.2) is 21.5 Å². The van der Waals surface area contributed by atoms with Crippen LogP contribution in [0.4, 0.5) is 8.78 Å². The van der Waals surface area contributed by atoms with E-state index in [0.717, 1.165) is 6.20 Å². The third-order valence-electron chi connectivity index (χ3n) is 2.60. The minimum atomic E-state index is -2.67. The van der Waals surface area contributed by atoms with E-state index >= 15 is 0 Å². The maximum absolute atomic E-state index is 12.5. The van der Waals surface area contributed by atoms with Crippen molar-refractivity contribution in [1.82, 2.24) is 14.9 Å². The number of rotatable bonds is 4. The predicted molar refractivity (Wildman–Crippen MR) is 62.8 cm³/mol. The molecule has 0 saturated carbocycles. The van der Waals surface area contributed by atoms with E-state index < -0.39 is 12.6 Å². The molecular formula is C11H18F2N4O. The van der Waals surface area contributed by atoms with Crippen molar-refractivity contribution >= 4 is 5.91 Å². The Hall–Kier alpha value is -1.50. The van der Waals surface area contributed by atoms with Gasteiger partial charge in [0.15, 0.2) is 0 Å². The number of amides is 1. The van der Waals surface area contributed by atoms with Crippen molar-refractivity contribution in [3.05, 3.63) is 18.2 Å². The quantitative estimate of drug-likeness (QED) is 0.856. The molecule has 1 rings (SSSR count). The summed E-state index contributed by atoms with van der Waals surface area (Å²) in [7, 11) is 0. The normalized spacial score (nSPS) is 13.7. The smallest absolute Gasteiger partial charge is 0.319 e. The van der Waals surface area contributed by atoms with Crippen molar-refractivity contribution in [3.8, 4) is 0 Å². The zero-order chi connectivity index (χ0) is 13.9. The highest BCUT2D eigenvalue weighted by molar-refractivity contribution is 5.82. The first-order valence-corrected chi connectivity index (χ1v) is 5.56. The molecule has 7 heteroatoms. The molecule has 0 bridgehead atoms.